The fraction of sp³-hybridized carbons (Fsp3) is 0.548. The molecular formula is C31H33F2N3O4S. The molecule has 4 aliphatic carbocycles. The number of benzene rings is 1. The lowest BCUT2D eigenvalue weighted by molar-refractivity contribution is -0.197. The first-order valence-corrected chi connectivity index (χ1v) is 15.1. The van der Waals surface area contributed by atoms with Gasteiger partial charge in [0.2, 0.25) is 5.12 Å². The Bertz CT molecular complexity index is 1470. The predicted octanol–water partition coefficient (Wildman–Crippen LogP) is 5.20. The van der Waals surface area contributed by atoms with Crippen LogP contribution >= 0.6 is 11.8 Å². The fourth-order valence-corrected chi connectivity index (χ4v) is 9.75. The van der Waals surface area contributed by atoms with Gasteiger partial charge < -0.3 is 9.84 Å². The number of allylic oxidation sites excluding steroid dienone is 1. The molecule has 1 unspecified atom stereocenters. The van der Waals surface area contributed by atoms with E-state index in [0.29, 0.717) is 12.8 Å². The topological polar surface area (TPSA) is 105 Å². The third kappa shape index (κ3) is 4.10. The van der Waals surface area contributed by atoms with Crippen molar-refractivity contribution in [3.63, 3.8) is 0 Å². The molecule has 1 N–H and O–H groups in total. The number of alkyl halides is 1. The number of esters is 1. The predicted molar refractivity (Wildman–Crippen MR) is 149 cm³/mol. The summed E-state index contributed by atoms with van der Waals surface area (Å²) in [6, 6.07) is 8.19. The van der Waals surface area contributed by atoms with E-state index in [-0.39, 0.29) is 47.6 Å². The van der Waals surface area contributed by atoms with E-state index in [0.717, 1.165) is 41.5 Å². The summed E-state index contributed by atoms with van der Waals surface area (Å²) in [6.45, 7) is 2.77. The van der Waals surface area contributed by atoms with Crippen molar-refractivity contribution in [2.45, 2.75) is 64.1 Å². The number of carbonyl (C=O) groups excluding carboxylic acids is 2. The number of fused-ring (bicyclic) bond motifs is 6. The van der Waals surface area contributed by atoms with Crippen LogP contribution in [0.15, 0.2) is 36.0 Å². The van der Waals surface area contributed by atoms with Crippen LogP contribution in [0.1, 0.15) is 57.2 Å². The number of rotatable bonds is 5. The average molecular weight is 582 g/mol. The maximum Gasteiger partial charge on any atom is 0.338 e. The third-order valence-electron chi connectivity index (χ3n) is 10.6. The number of hydrogen-bond acceptors (Lipinski definition) is 7. The van der Waals surface area contributed by atoms with Crippen LogP contribution in [-0.4, -0.2) is 50.1 Å². The maximum absolute atomic E-state index is 13.6. The molecule has 10 heteroatoms. The molecule has 0 aliphatic heterocycles. The number of aliphatic hydroxyl groups is 1. The summed E-state index contributed by atoms with van der Waals surface area (Å²) in [5, 5.41) is 25.2. The molecule has 7 nitrogen and oxygen atoms in total. The summed E-state index contributed by atoms with van der Waals surface area (Å²) in [6.07, 6.45) is 6.65. The second kappa shape index (κ2) is 10.1. The lowest BCUT2D eigenvalue weighted by Gasteiger charge is -2.60. The van der Waals surface area contributed by atoms with Gasteiger partial charge >= 0.3 is 5.97 Å². The van der Waals surface area contributed by atoms with Gasteiger partial charge in [-0.15, -0.1) is 0 Å². The number of halogens is 2. The molecule has 1 heterocycles. The van der Waals surface area contributed by atoms with Crippen LogP contribution < -0.4 is 0 Å². The highest BCUT2D eigenvalue weighted by Gasteiger charge is 2.70. The lowest BCUT2D eigenvalue weighted by atomic mass is 9.45. The van der Waals surface area contributed by atoms with Crippen LogP contribution in [0.25, 0.3) is 11.8 Å². The number of aliphatic hydroxyl groups excluding tert-OH is 1. The van der Waals surface area contributed by atoms with Crippen molar-refractivity contribution in [2.24, 2.45) is 28.6 Å². The summed E-state index contributed by atoms with van der Waals surface area (Å²) in [7, 11) is 0. The molecule has 2 aromatic rings. The maximum atomic E-state index is 13.6. The van der Waals surface area contributed by atoms with E-state index in [4.69, 9.17) is 10.00 Å². The molecule has 7 atom stereocenters. The zero-order chi connectivity index (χ0) is 29.2. The van der Waals surface area contributed by atoms with Crippen molar-refractivity contribution in [3.05, 3.63) is 53.1 Å². The molecule has 6 rings (SSSR count). The zero-order valence-corrected chi connectivity index (χ0v) is 23.9. The molecular weight excluding hydrogens is 548 g/mol. The van der Waals surface area contributed by atoms with Crippen LogP contribution in [0, 0.1) is 45.7 Å². The van der Waals surface area contributed by atoms with E-state index in [1.165, 1.54) is 17.7 Å². The first kappa shape index (κ1) is 28.1. The molecule has 0 bridgehead atoms. The number of hydrogen-bond donors (Lipinski definition) is 1. The van der Waals surface area contributed by atoms with Gasteiger partial charge in [-0.05, 0) is 97.6 Å². The Labute approximate surface area is 241 Å². The number of thioether (sulfide) groups is 1. The lowest BCUT2D eigenvalue weighted by Crippen LogP contribution is -2.62. The first-order chi connectivity index (χ1) is 19.6. The summed E-state index contributed by atoms with van der Waals surface area (Å²) in [4.78, 5) is 25.9. The first-order valence-electron chi connectivity index (χ1n) is 14.1. The van der Waals surface area contributed by atoms with Gasteiger partial charge in [0.1, 0.15) is 5.82 Å². The van der Waals surface area contributed by atoms with E-state index in [1.807, 2.05) is 23.9 Å². The summed E-state index contributed by atoms with van der Waals surface area (Å²) in [5.74, 6) is -1.52. The highest BCUT2D eigenvalue weighted by molar-refractivity contribution is 8.14. The smallest absolute Gasteiger partial charge is 0.338 e. The Morgan fingerprint density at radius 1 is 1.27 bits per heavy atom. The van der Waals surface area contributed by atoms with Gasteiger partial charge in [0.25, 0.3) is 0 Å². The third-order valence-corrected chi connectivity index (χ3v) is 11.5. The number of nitriles is 1. The molecule has 216 valence electrons. The van der Waals surface area contributed by atoms with Crippen LogP contribution in [0.2, 0.25) is 0 Å². The van der Waals surface area contributed by atoms with Crippen molar-refractivity contribution in [1.29, 1.82) is 5.26 Å². The second-order valence-corrected chi connectivity index (χ2v) is 13.4. The summed E-state index contributed by atoms with van der Waals surface area (Å²) >= 11 is 0.800. The van der Waals surface area contributed by atoms with Crippen molar-refractivity contribution >= 4 is 28.9 Å². The Balaban J connectivity index is 1.35. The van der Waals surface area contributed by atoms with Crippen molar-refractivity contribution < 1.29 is 28.2 Å². The molecule has 41 heavy (non-hydrogen) atoms. The van der Waals surface area contributed by atoms with Gasteiger partial charge in [-0.2, -0.15) is 10.4 Å². The molecule has 3 saturated carbocycles. The van der Waals surface area contributed by atoms with Gasteiger partial charge in [0, 0.05) is 5.41 Å². The summed E-state index contributed by atoms with van der Waals surface area (Å²) in [5.41, 5.74) is 1.24. The molecule has 4 aliphatic rings. The van der Waals surface area contributed by atoms with Crippen molar-refractivity contribution in [2.75, 3.05) is 12.4 Å². The highest BCUT2D eigenvalue weighted by atomic mass is 32.2. The van der Waals surface area contributed by atoms with Crippen LogP contribution in [0.5, 0.6) is 0 Å². The van der Waals surface area contributed by atoms with E-state index < -0.39 is 34.9 Å². The Kier molecular flexibility index (Phi) is 6.89. The van der Waals surface area contributed by atoms with Crippen LogP contribution in [0.4, 0.5) is 8.78 Å². The molecule has 0 saturated heterocycles. The minimum atomic E-state index is -1.58. The SMILES string of the molecule is C[C@]12Cc3cnn(-c4ccc(F)cc4)c3C=C1CC[C@@H]1[C@@H]2C(O)C[C@@]2(C)[C@H]1CC[C@@]2(OC(=O)CF)C(=O)SCC#N. The van der Waals surface area contributed by atoms with Gasteiger partial charge in [-0.3, -0.25) is 4.79 Å². The fourth-order valence-electron chi connectivity index (χ4n) is 8.94. The molecule has 1 aromatic heterocycles. The number of nitrogens with zero attached hydrogens (tertiary/aromatic N) is 3. The molecule has 0 amide bonds. The molecule has 0 spiro atoms. The van der Waals surface area contributed by atoms with Crippen LogP contribution in [0.3, 0.4) is 0 Å². The highest BCUT2D eigenvalue weighted by Crippen LogP contribution is 2.68. The van der Waals surface area contributed by atoms with Crippen molar-refractivity contribution in [3.8, 4) is 11.8 Å². The van der Waals surface area contributed by atoms with E-state index in [2.05, 4.69) is 18.1 Å². The normalized spacial score (nSPS) is 35.3. The van der Waals surface area contributed by atoms with Gasteiger partial charge in [-0.25, -0.2) is 18.3 Å². The van der Waals surface area contributed by atoms with Gasteiger partial charge in [0.05, 0.1) is 35.5 Å². The minimum Gasteiger partial charge on any atom is -0.448 e. The average Bonchev–Trinajstić information content (AvgIpc) is 3.48. The largest absolute Gasteiger partial charge is 0.448 e. The van der Waals surface area contributed by atoms with E-state index in [1.54, 1.807) is 12.1 Å². The second-order valence-electron chi connectivity index (χ2n) is 12.4. The summed E-state index contributed by atoms with van der Waals surface area (Å²) < 4.78 is 34.4. The van der Waals surface area contributed by atoms with Crippen LogP contribution in [-0.2, 0) is 20.7 Å². The monoisotopic (exact) mass is 581 g/mol. The number of carbonyl (C=O) groups is 2. The van der Waals surface area contributed by atoms with Gasteiger partial charge in [0.15, 0.2) is 12.3 Å². The zero-order valence-electron chi connectivity index (χ0n) is 23.1. The van der Waals surface area contributed by atoms with Gasteiger partial charge in [-0.1, -0.05) is 31.2 Å². The quantitative estimate of drug-likeness (QED) is 0.484. The molecule has 0 radical (unpaired) electrons. The Morgan fingerprint density at radius 3 is 2.73 bits per heavy atom. The van der Waals surface area contributed by atoms with E-state index in [9.17, 15) is 23.5 Å². The van der Waals surface area contributed by atoms with Crippen molar-refractivity contribution in [1.82, 2.24) is 9.78 Å². The number of ether oxygens (including phenoxy) is 1. The Morgan fingerprint density at radius 2 is 2.02 bits per heavy atom. The minimum absolute atomic E-state index is 0.0170. The van der Waals surface area contributed by atoms with E-state index >= 15 is 0 Å². The molecule has 3 fully saturated rings. The number of aromatic nitrogens is 2. The Hall–Kier alpha value is -3.03. The standard InChI is InChI=1S/C31H33F2N3O4S/c1-29-14-18-17-35-36(21-6-4-20(33)5-7-21)24(18)13-19(29)3-8-22-23-9-10-31(40-26(38)16-32,28(39)41-12-11-34)30(23,2)15-25(37)27(22)29/h4-7,13,17,22-23,25,27,37H,3,8-10,12,14-16H2,1-2H3/t22-,23-,25?,27+,29-,30-,31+/m0/s1. The molecule has 1 aromatic carbocycles.